The lowest BCUT2D eigenvalue weighted by Gasteiger charge is -2.36. The van der Waals surface area contributed by atoms with E-state index in [1.54, 1.807) is 39.8 Å². The molecular weight excluding hydrogens is 435 g/mol. The summed E-state index contributed by atoms with van der Waals surface area (Å²) in [6.45, 7) is 2.44. The number of halogens is 1. The van der Waals surface area contributed by atoms with Crippen LogP contribution in [0.4, 0.5) is 10.1 Å². The number of furan rings is 1. The van der Waals surface area contributed by atoms with Crippen LogP contribution in [-0.2, 0) is 16.1 Å². The molecule has 0 spiro atoms. The quantitative estimate of drug-likeness (QED) is 0.514. The van der Waals surface area contributed by atoms with Gasteiger partial charge in [0.15, 0.2) is 16.7 Å². The summed E-state index contributed by atoms with van der Waals surface area (Å²) in [5.74, 6) is 0.433. The molecule has 1 saturated heterocycles. The highest BCUT2D eigenvalue weighted by molar-refractivity contribution is 7.99. The number of nitrogens with two attached hydrogens (primary N) is 1. The molecule has 1 fully saturated rings. The van der Waals surface area contributed by atoms with Gasteiger partial charge in [-0.25, -0.2) is 4.39 Å². The van der Waals surface area contributed by atoms with Gasteiger partial charge in [-0.3, -0.25) is 14.2 Å². The largest absolute Gasteiger partial charge is 0.461 e. The van der Waals surface area contributed by atoms with Gasteiger partial charge < -0.3 is 20.0 Å². The van der Waals surface area contributed by atoms with E-state index in [1.165, 1.54) is 24.1 Å². The van der Waals surface area contributed by atoms with Crippen LogP contribution in [-0.4, -0.2) is 63.4 Å². The molecule has 1 aliphatic rings. The first-order valence-corrected chi connectivity index (χ1v) is 11.2. The number of hydrogen-bond donors (Lipinski definition) is 1. The van der Waals surface area contributed by atoms with E-state index in [0.29, 0.717) is 48.6 Å². The van der Waals surface area contributed by atoms with Crippen molar-refractivity contribution in [2.24, 2.45) is 5.73 Å². The molecule has 0 bridgehead atoms. The Morgan fingerprint density at radius 1 is 1.09 bits per heavy atom. The summed E-state index contributed by atoms with van der Waals surface area (Å²) in [5, 5.41) is 8.84. The topological polar surface area (TPSA) is 110 Å². The molecule has 168 valence electrons. The maximum atomic E-state index is 14.0. The molecule has 0 unspecified atom stereocenters. The molecule has 11 heteroatoms. The third-order valence-electron chi connectivity index (χ3n) is 5.19. The molecule has 1 aromatic carbocycles. The molecule has 0 aliphatic carbocycles. The normalized spacial score (nSPS) is 14.0. The number of para-hydroxylation sites is 1. The molecule has 0 saturated carbocycles. The van der Waals surface area contributed by atoms with Gasteiger partial charge in [-0.2, -0.15) is 0 Å². The molecule has 2 amide bonds. The molecular formula is C21H23FN6O3S. The fraction of sp³-hybridized carbons (Fsp3) is 0.333. The number of benzene rings is 1. The summed E-state index contributed by atoms with van der Waals surface area (Å²) in [7, 11) is 0. The third-order valence-corrected chi connectivity index (χ3v) is 6.14. The molecule has 2 N–H and O–H groups in total. The maximum Gasteiger partial charge on any atom is 0.233 e. The van der Waals surface area contributed by atoms with Gasteiger partial charge in [0.2, 0.25) is 11.8 Å². The van der Waals surface area contributed by atoms with Crippen LogP contribution in [0, 0.1) is 5.82 Å². The van der Waals surface area contributed by atoms with E-state index in [-0.39, 0.29) is 30.4 Å². The van der Waals surface area contributed by atoms with E-state index in [0.717, 1.165) is 0 Å². The van der Waals surface area contributed by atoms with Crippen molar-refractivity contribution in [1.29, 1.82) is 0 Å². The summed E-state index contributed by atoms with van der Waals surface area (Å²) < 4.78 is 21.2. The minimum absolute atomic E-state index is 0.0350. The van der Waals surface area contributed by atoms with Gasteiger partial charge in [0, 0.05) is 39.1 Å². The Kier molecular flexibility index (Phi) is 6.74. The number of carbonyl (C=O) groups excluding carboxylic acids is 2. The number of amides is 2. The fourth-order valence-corrected chi connectivity index (χ4v) is 4.40. The van der Waals surface area contributed by atoms with Crippen molar-refractivity contribution in [1.82, 2.24) is 19.7 Å². The van der Waals surface area contributed by atoms with Gasteiger partial charge in [0.05, 0.1) is 17.7 Å². The molecule has 3 aromatic rings. The lowest BCUT2D eigenvalue weighted by atomic mass is 10.2. The van der Waals surface area contributed by atoms with Crippen molar-refractivity contribution < 1.29 is 18.4 Å². The predicted octanol–water partition coefficient (Wildman–Crippen LogP) is 1.99. The summed E-state index contributed by atoms with van der Waals surface area (Å²) in [6, 6.07) is 10.1. The van der Waals surface area contributed by atoms with Crippen LogP contribution in [0.2, 0.25) is 0 Å². The predicted molar refractivity (Wildman–Crippen MR) is 117 cm³/mol. The van der Waals surface area contributed by atoms with Crippen LogP contribution < -0.4 is 10.6 Å². The van der Waals surface area contributed by atoms with E-state index in [4.69, 9.17) is 10.2 Å². The second-order valence-electron chi connectivity index (χ2n) is 7.26. The molecule has 0 atom stereocenters. The molecule has 32 heavy (non-hydrogen) atoms. The highest BCUT2D eigenvalue weighted by Gasteiger charge is 2.24. The molecule has 9 nitrogen and oxygen atoms in total. The van der Waals surface area contributed by atoms with E-state index < -0.39 is 5.91 Å². The first-order chi connectivity index (χ1) is 15.5. The van der Waals surface area contributed by atoms with Crippen molar-refractivity contribution in [2.45, 2.75) is 18.1 Å². The summed E-state index contributed by atoms with van der Waals surface area (Å²) in [5.41, 5.74) is 5.86. The van der Waals surface area contributed by atoms with Crippen LogP contribution in [0.5, 0.6) is 0 Å². The lowest BCUT2D eigenvalue weighted by Crippen LogP contribution is -2.49. The lowest BCUT2D eigenvalue weighted by molar-refractivity contribution is -0.128. The molecule has 2 aromatic heterocycles. The van der Waals surface area contributed by atoms with Gasteiger partial charge in [0.1, 0.15) is 5.82 Å². The number of rotatable bonds is 8. The Balaban J connectivity index is 1.37. The minimum atomic E-state index is -0.441. The minimum Gasteiger partial charge on any atom is -0.461 e. The number of nitrogens with zero attached hydrogens (tertiary/aromatic N) is 5. The zero-order valence-electron chi connectivity index (χ0n) is 17.3. The monoisotopic (exact) mass is 458 g/mol. The summed E-state index contributed by atoms with van der Waals surface area (Å²) >= 11 is 1.25. The highest BCUT2D eigenvalue weighted by atomic mass is 32.2. The van der Waals surface area contributed by atoms with Gasteiger partial charge in [-0.05, 0) is 24.3 Å². The van der Waals surface area contributed by atoms with E-state index in [9.17, 15) is 14.0 Å². The van der Waals surface area contributed by atoms with Gasteiger partial charge >= 0.3 is 0 Å². The van der Waals surface area contributed by atoms with Crippen molar-refractivity contribution in [3.8, 4) is 11.6 Å². The number of piperazine rings is 1. The number of primary amides is 1. The van der Waals surface area contributed by atoms with Crippen LogP contribution >= 0.6 is 11.8 Å². The van der Waals surface area contributed by atoms with Crippen molar-refractivity contribution in [2.75, 3.05) is 36.8 Å². The molecule has 4 rings (SSSR count). The van der Waals surface area contributed by atoms with Crippen LogP contribution in [0.15, 0.2) is 52.2 Å². The van der Waals surface area contributed by atoms with Gasteiger partial charge in [0.25, 0.3) is 0 Å². The highest BCUT2D eigenvalue weighted by Crippen LogP contribution is 2.25. The Hall–Kier alpha value is -3.34. The number of carbonyl (C=O) groups is 2. The van der Waals surface area contributed by atoms with Gasteiger partial charge in [-0.15, -0.1) is 10.2 Å². The zero-order chi connectivity index (χ0) is 22.5. The van der Waals surface area contributed by atoms with Crippen molar-refractivity contribution >= 4 is 29.3 Å². The van der Waals surface area contributed by atoms with E-state index in [2.05, 4.69) is 10.2 Å². The smallest absolute Gasteiger partial charge is 0.233 e. The third kappa shape index (κ3) is 4.93. The SMILES string of the molecule is NC(=O)CCn1c(SCC(=O)N2CCN(c3ccccc3F)CC2)nnc1-c1ccco1. The standard InChI is InChI=1S/C21H23FN6O3S/c22-15-4-1-2-5-16(15)26-9-11-27(12-10-26)19(30)14-32-21-25-24-20(17-6-3-13-31-17)28(21)8-7-18(23)29/h1-6,13H,7-12,14H2,(H2,23,29). The first-order valence-electron chi connectivity index (χ1n) is 10.2. The van der Waals surface area contributed by atoms with Crippen molar-refractivity contribution in [3.05, 3.63) is 48.5 Å². The Morgan fingerprint density at radius 3 is 2.56 bits per heavy atom. The Bertz CT molecular complexity index is 1080. The van der Waals surface area contributed by atoms with Crippen LogP contribution in [0.3, 0.4) is 0 Å². The summed E-state index contributed by atoms with van der Waals surface area (Å²) in [6.07, 6.45) is 1.64. The van der Waals surface area contributed by atoms with Crippen molar-refractivity contribution in [3.63, 3.8) is 0 Å². The number of aromatic nitrogens is 3. The summed E-state index contributed by atoms with van der Waals surface area (Å²) in [4.78, 5) is 27.7. The number of hydrogen-bond acceptors (Lipinski definition) is 7. The zero-order valence-corrected chi connectivity index (χ0v) is 18.1. The van der Waals surface area contributed by atoms with E-state index >= 15 is 0 Å². The second-order valence-corrected chi connectivity index (χ2v) is 8.20. The maximum absolute atomic E-state index is 14.0. The first kappa shape index (κ1) is 21.9. The number of anilines is 1. The molecule has 0 radical (unpaired) electrons. The van der Waals surface area contributed by atoms with Crippen LogP contribution in [0.1, 0.15) is 6.42 Å². The fourth-order valence-electron chi connectivity index (χ4n) is 3.53. The average molecular weight is 459 g/mol. The molecule has 3 heterocycles. The van der Waals surface area contributed by atoms with Crippen LogP contribution in [0.25, 0.3) is 11.6 Å². The molecule has 1 aliphatic heterocycles. The number of thioether (sulfide) groups is 1. The van der Waals surface area contributed by atoms with Gasteiger partial charge in [-0.1, -0.05) is 23.9 Å². The Morgan fingerprint density at radius 2 is 1.88 bits per heavy atom. The van der Waals surface area contributed by atoms with E-state index in [1.807, 2.05) is 4.90 Å². The second kappa shape index (κ2) is 9.86. The Labute approximate surface area is 188 Å². The average Bonchev–Trinajstić information content (AvgIpc) is 3.46.